The van der Waals surface area contributed by atoms with Crippen molar-refractivity contribution in [3.05, 3.63) is 77.2 Å². The molecule has 1 saturated carbocycles. The number of likely N-dealkylation sites (tertiary alicyclic amines) is 1. The third kappa shape index (κ3) is 9.28. The number of fused-ring (bicyclic) bond motifs is 6. The molecule has 13 rings (SSSR count). The summed E-state index contributed by atoms with van der Waals surface area (Å²) < 4.78 is 24.0. The minimum Gasteiger partial charge on any atom is -0.508 e. The molecule has 76 heavy (non-hydrogen) atoms. The van der Waals surface area contributed by atoms with Crippen molar-refractivity contribution in [3.63, 3.8) is 0 Å². The number of aromatic hydroxyl groups is 1. The topological polar surface area (TPSA) is 163 Å². The van der Waals surface area contributed by atoms with E-state index in [1.807, 2.05) is 30.3 Å². The number of nitrogens with zero attached hydrogens (tertiary/aromatic N) is 9. The first-order valence-corrected chi connectivity index (χ1v) is 27.9. The Balaban J connectivity index is 0.634. The zero-order valence-electron chi connectivity index (χ0n) is 43.4. The molecule has 2 bridgehead atoms. The number of imide groups is 1. The molecule has 3 aromatic carbocycles. The van der Waals surface area contributed by atoms with Gasteiger partial charge in [-0.2, -0.15) is 9.97 Å². The third-order valence-electron chi connectivity index (χ3n) is 18.7. The smallest absolute Gasteiger partial charge is 0.319 e. The summed E-state index contributed by atoms with van der Waals surface area (Å²) in [5, 5.41) is 19.0. The average molecular weight is 1030 g/mol. The van der Waals surface area contributed by atoms with Crippen LogP contribution >= 0.6 is 0 Å². The molecule has 17 heteroatoms. The number of pyridine rings is 1. The number of terminal acetylenes is 1. The number of phenols is 1. The van der Waals surface area contributed by atoms with Crippen LogP contribution in [0.25, 0.3) is 32.9 Å². The summed E-state index contributed by atoms with van der Waals surface area (Å²) in [6, 6.07) is 15.5. The van der Waals surface area contributed by atoms with Crippen molar-refractivity contribution in [2.24, 2.45) is 17.8 Å². The second-order valence-electron chi connectivity index (χ2n) is 23.2. The molecule has 7 aliphatic heterocycles. The van der Waals surface area contributed by atoms with E-state index in [9.17, 15) is 19.5 Å². The Morgan fingerprint density at radius 1 is 0.829 bits per heavy atom. The lowest BCUT2D eigenvalue weighted by atomic mass is 9.69. The first kappa shape index (κ1) is 49.1. The number of benzene rings is 3. The molecule has 396 valence electrons. The van der Waals surface area contributed by atoms with Crippen molar-refractivity contribution >= 4 is 50.9 Å². The van der Waals surface area contributed by atoms with Gasteiger partial charge in [0.1, 0.15) is 35.4 Å². The monoisotopic (exact) mass is 1030 g/mol. The lowest BCUT2D eigenvalue weighted by Crippen LogP contribution is -2.56. The molecule has 7 fully saturated rings. The summed E-state index contributed by atoms with van der Waals surface area (Å²) >= 11 is 0. The van der Waals surface area contributed by atoms with Crippen LogP contribution in [0, 0.1) is 35.9 Å². The molecule has 8 aliphatic rings. The van der Waals surface area contributed by atoms with Gasteiger partial charge < -0.3 is 34.8 Å². The summed E-state index contributed by atoms with van der Waals surface area (Å²) in [6.45, 7) is 10.6. The Labute approximate surface area is 443 Å². The fourth-order valence-electron chi connectivity index (χ4n) is 14.4. The normalized spacial score (nSPS) is 27.6. The fourth-order valence-corrected chi connectivity index (χ4v) is 14.4. The molecule has 3 amide bonds. The van der Waals surface area contributed by atoms with Gasteiger partial charge in [-0.1, -0.05) is 18.1 Å². The van der Waals surface area contributed by atoms with Crippen LogP contribution in [0.4, 0.5) is 15.9 Å². The molecule has 16 nitrogen and oxygen atoms in total. The van der Waals surface area contributed by atoms with Gasteiger partial charge in [-0.25, -0.2) is 4.39 Å². The van der Waals surface area contributed by atoms with Crippen molar-refractivity contribution in [2.75, 3.05) is 88.9 Å². The van der Waals surface area contributed by atoms with E-state index in [1.165, 1.54) is 18.9 Å². The van der Waals surface area contributed by atoms with E-state index in [-0.39, 0.29) is 53.2 Å². The van der Waals surface area contributed by atoms with E-state index in [4.69, 9.17) is 26.1 Å². The molecule has 7 atom stereocenters. The van der Waals surface area contributed by atoms with Crippen LogP contribution in [0.15, 0.2) is 54.7 Å². The molecule has 3 N–H and O–H groups in total. The summed E-state index contributed by atoms with van der Waals surface area (Å²) in [5.74, 6) is 4.15. The highest BCUT2D eigenvalue weighted by Gasteiger charge is 2.43. The van der Waals surface area contributed by atoms with Gasteiger partial charge in [-0.15, -0.1) is 6.42 Å². The maximum atomic E-state index is 17.4. The van der Waals surface area contributed by atoms with Gasteiger partial charge >= 0.3 is 6.01 Å². The number of carbonyl (C=O) groups is 3. The Hall–Kier alpha value is -6.45. The zero-order chi connectivity index (χ0) is 51.8. The lowest BCUT2D eigenvalue weighted by molar-refractivity contribution is -0.136. The molecule has 6 saturated heterocycles. The van der Waals surface area contributed by atoms with Crippen LogP contribution in [0.1, 0.15) is 85.7 Å². The predicted molar refractivity (Wildman–Crippen MR) is 289 cm³/mol. The molecule has 0 spiro atoms. The number of carbonyl (C=O) groups excluding carboxylic acids is 3. The third-order valence-corrected chi connectivity index (χ3v) is 18.7. The highest BCUT2D eigenvalue weighted by atomic mass is 19.1. The fraction of sp³-hybridized carbons (Fsp3) is 0.525. The highest BCUT2D eigenvalue weighted by molar-refractivity contribution is 6.06. The SMILES string of the molecule is C#Cc1cccc2cc(O)cc(-c3ncc4c(N5CC6CC7CCC7CC(C5)N6)nc(OC[C@H]5CC[C@@H](CN6CCN(CC7CCN(c8ccc9c(c8)CN(C8CCC(=O)NC8=O)C9=O)CC7)CC6)N5C)nc4c3F)c12. The Morgan fingerprint density at radius 2 is 1.58 bits per heavy atom. The number of phenolic OH excluding ortho intramolecular Hbond substituents is 1. The molecule has 9 heterocycles. The molecule has 5 unspecified atom stereocenters. The summed E-state index contributed by atoms with van der Waals surface area (Å²) in [5.41, 5.74) is 3.93. The number of amides is 3. The number of aromatic nitrogens is 3. The van der Waals surface area contributed by atoms with Crippen LogP contribution in [-0.2, 0) is 16.1 Å². The van der Waals surface area contributed by atoms with E-state index in [0.717, 1.165) is 127 Å². The van der Waals surface area contributed by atoms with Gasteiger partial charge in [-0.05, 0) is 130 Å². The number of hydrogen-bond donors (Lipinski definition) is 3. The number of anilines is 2. The number of rotatable bonds is 11. The quantitative estimate of drug-likeness (QED) is 0.108. The van der Waals surface area contributed by atoms with Crippen molar-refractivity contribution in [1.29, 1.82) is 0 Å². The summed E-state index contributed by atoms with van der Waals surface area (Å²) in [4.78, 5) is 66.3. The maximum absolute atomic E-state index is 17.4. The number of halogens is 1. The molecule has 2 aromatic heterocycles. The second-order valence-corrected chi connectivity index (χ2v) is 23.2. The number of hydrogen-bond acceptors (Lipinski definition) is 14. The highest BCUT2D eigenvalue weighted by Crippen LogP contribution is 2.45. The van der Waals surface area contributed by atoms with Gasteiger partial charge in [0.05, 0.1) is 5.39 Å². The number of piperidine rings is 2. The van der Waals surface area contributed by atoms with Gasteiger partial charge in [-0.3, -0.25) is 34.5 Å². The van der Waals surface area contributed by atoms with Crippen molar-refractivity contribution in [1.82, 2.24) is 45.2 Å². The molecule has 5 aromatic rings. The Kier molecular flexibility index (Phi) is 13.0. The van der Waals surface area contributed by atoms with Gasteiger partial charge in [0.25, 0.3) is 5.91 Å². The van der Waals surface area contributed by atoms with Crippen LogP contribution in [-0.4, -0.2) is 167 Å². The van der Waals surface area contributed by atoms with Crippen LogP contribution < -0.4 is 25.2 Å². The molecule has 1 aliphatic carbocycles. The van der Waals surface area contributed by atoms with E-state index in [2.05, 4.69) is 54.2 Å². The van der Waals surface area contributed by atoms with Crippen molar-refractivity contribution in [2.45, 2.75) is 101 Å². The van der Waals surface area contributed by atoms with Crippen LogP contribution in [0.5, 0.6) is 11.8 Å². The average Bonchev–Trinajstić information content (AvgIpc) is 3.96. The second kappa shape index (κ2) is 20.2. The van der Waals surface area contributed by atoms with E-state index in [0.29, 0.717) is 82.3 Å². The van der Waals surface area contributed by atoms with Crippen molar-refractivity contribution < 1.29 is 28.6 Å². The predicted octanol–water partition coefficient (Wildman–Crippen LogP) is 5.77. The van der Waals surface area contributed by atoms with Crippen LogP contribution in [0.3, 0.4) is 0 Å². The van der Waals surface area contributed by atoms with Gasteiger partial charge in [0.2, 0.25) is 11.8 Å². The molecular weight excluding hydrogens is 962 g/mol. The largest absolute Gasteiger partial charge is 0.508 e. The molecule has 0 radical (unpaired) electrons. The first-order valence-electron chi connectivity index (χ1n) is 27.9. The number of likely N-dealkylation sites (N-methyl/N-ethyl adjacent to an activating group) is 1. The first-order chi connectivity index (χ1) is 37.0. The van der Waals surface area contributed by atoms with Crippen LogP contribution in [0.2, 0.25) is 0 Å². The molecular formula is C59H68FN11O5. The van der Waals surface area contributed by atoms with Gasteiger partial charge in [0.15, 0.2) is 5.82 Å². The summed E-state index contributed by atoms with van der Waals surface area (Å²) in [6.07, 6.45) is 17.4. The van der Waals surface area contributed by atoms with Crippen molar-refractivity contribution in [3.8, 4) is 35.4 Å². The lowest BCUT2D eigenvalue weighted by Gasteiger charge is -2.40. The number of piperazine rings is 2. The van der Waals surface area contributed by atoms with E-state index >= 15 is 4.39 Å². The van der Waals surface area contributed by atoms with E-state index in [1.54, 1.807) is 17.2 Å². The number of nitrogens with one attached hydrogen (secondary N) is 2. The minimum atomic E-state index is -0.604. The Bertz CT molecular complexity index is 3130. The maximum Gasteiger partial charge on any atom is 0.319 e. The van der Waals surface area contributed by atoms with E-state index < -0.39 is 11.9 Å². The van der Waals surface area contributed by atoms with Gasteiger partial charge in [0, 0.05) is 137 Å². The zero-order valence-corrected chi connectivity index (χ0v) is 43.4. The standard InChI is InChI=1S/C59H68FN11O5/c1-3-36-5-4-6-39-26-46(72)27-48(52(36)39)54-53(60)55-49(28-61-54)56(70-31-41-23-37-7-8-38(37)24-42(32-70)62-41)65-59(64-55)76-34-45-10-9-44(66(45)2)33-68-21-19-67(20-22-68)29-35-15-17-69(18-16-35)43-11-12-47-40(25-43)30-71(58(47)75)50-13-14-51(73)63-57(50)74/h1,4-6,11-12,25-28,35,37-38,41-42,44-45,50,62,72H,7-10,13-24,29-34H2,2H3,(H,63,73,74)/t37?,38?,41?,42?,44-,45+,50?/m0/s1. The summed E-state index contributed by atoms with van der Waals surface area (Å²) in [7, 11) is 2.21. The minimum absolute atomic E-state index is 0.00695. The number of ether oxygens (including phenoxy) is 1. The Morgan fingerprint density at radius 3 is 2.32 bits per heavy atom.